The molecule has 0 amide bonds. The maximum Gasteiger partial charge on any atom is 0.524 e. The summed E-state index contributed by atoms with van der Waals surface area (Å²) < 4.78 is 141. The summed E-state index contributed by atoms with van der Waals surface area (Å²) in [7, 11) is -19.2. The molecule has 0 heterocycles. The van der Waals surface area contributed by atoms with Crippen molar-refractivity contribution in [3.8, 4) is 11.5 Å². The minimum atomic E-state index is -4.54. The lowest BCUT2D eigenvalue weighted by Crippen LogP contribution is -1.98. The van der Waals surface area contributed by atoms with E-state index in [1.165, 1.54) is 73.8 Å². The SMILES string of the molecule is CCOP(C)(=O)O.COC(C)=O.COCOCc1ccccc1.COCOP(C)(=O)O.COP(=O)(O)C(=O)P(C)(=O)O.COP(=O)(O)OCc1ccccc1.COP(C)(=O)C(C)=O.COP(C)(=O)O.COc1ccc(OP(=O)(O)O)cc1. The molecule has 0 aliphatic rings. The molecule has 0 fully saturated rings. The van der Waals surface area contributed by atoms with Crippen LogP contribution in [0.2, 0.25) is 0 Å². The predicted molar refractivity (Wildman–Crippen MR) is 303 cm³/mol. The minimum absolute atomic E-state index is 0.0719. The highest BCUT2D eigenvalue weighted by atomic mass is 31.2. The lowest BCUT2D eigenvalue weighted by atomic mass is 10.2. The zero-order valence-corrected chi connectivity index (χ0v) is 55.2. The number of phosphoric acid groups is 2. The summed E-state index contributed by atoms with van der Waals surface area (Å²) >= 11 is 0. The summed E-state index contributed by atoms with van der Waals surface area (Å²) in [5.74, 6) is 0.456. The van der Waals surface area contributed by atoms with Crippen LogP contribution in [0.25, 0.3) is 0 Å². The van der Waals surface area contributed by atoms with Crippen molar-refractivity contribution in [3.63, 3.8) is 0 Å². The van der Waals surface area contributed by atoms with Gasteiger partial charge in [-0.15, -0.1) is 0 Å². The highest BCUT2D eigenvalue weighted by molar-refractivity contribution is 7.99. The molecule has 0 saturated carbocycles. The third-order valence-electron chi connectivity index (χ3n) is 7.23. The van der Waals surface area contributed by atoms with Gasteiger partial charge in [0.1, 0.15) is 18.3 Å². The van der Waals surface area contributed by atoms with E-state index in [0.717, 1.165) is 39.8 Å². The summed E-state index contributed by atoms with van der Waals surface area (Å²) in [6, 6.07) is 25.1. The van der Waals surface area contributed by atoms with E-state index in [1.807, 2.05) is 48.5 Å². The standard InChI is InChI=1S/C9H12O2.C8H11O4P.C7H9O5P.C4H9O3P.C3H8O6P2.C3H9O4P.C3H9O3P.C3H6O2.C2H7O3P/c1-10-8-11-7-9-5-3-2-4-6-9;1-11-13(9,10)12-7-8-5-3-2-4-6-8;1-11-6-2-4-7(5-3-6)12-13(8,9)10;1-4(5)8(3,6)7-2;1-9-11(7,8)3(4)10(2,5)6;1-6-3-7-8(2,4)5;1-3-6-7(2,4)5;1-3(4)5-2;1-5-6(2,3)4/h2-6H,7-8H2,1H3;2-6H,7H2,1H3,(H,9,10);2-5H,1H3,(H2,8,9,10);1-3H3;1-2H3,(H,5,6)(H,7,8);3H2,1-2H3,(H,4,5);3H2,1-2H3,(H,4,5);1-2H3;1-2H3,(H,3,4). The van der Waals surface area contributed by atoms with E-state index in [-0.39, 0.29) is 30.6 Å². The molecule has 7 unspecified atom stereocenters. The number of esters is 1. The first kappa shape index (κ1) is 90.4. The Kier molecular flexibility index (Phi) is 53.3. The Morgan fingerprint density at radius 1 is 0.476 bits per heavy atom. The molecule has 0 aromatic heterocycles. The maximum absolute atomic E-state index is 10.9. The molecule has 3 rings (SSSR count). The van der Waals surface area contributed by atoms with Crippen LogP contribution in [0.3, 0.4) is 0 Å². The Bertz CT molecular complexity index is 2540. The third-order valence-corrected chi connectivity index (χ3v) is 16.0. The van der Waals surface area contributed by atoms with Gasteiger partial charge in [0.15, 0.2) is 6.79 Å². The van der Waals surface area contributed by atoms with Gasteiger partial charge in [0.05, 0.1) is 34.0 Å². The molecular weight excluding hydrogens is 1260 g/mol. The van der Waals surface area contributed by atoms with Gasteiger partial charge in [0.2, 0.25) is 5.52 Å². The molecular formula is C42H80O32P8. The highest BCUT2D eigenvalue weighted by Crippen LogP contribution is 2.57. The first-order valence-corrected chi connectivity index (χ1v) is 36.9. The predicted octanol–water partition coefficient (Wildman–Crippen LogP) is 8.74. The van der Waals surface area contributed by atoms with Crippen molar-refractivity contribution in [2.75, 3.05) is 110 Å². The number of phosphoric ester groups is 2. The summed E-state index contributed by atoms with van der Waals surface area (Å²) in [6.45, 7) is 10.9. The van der Waals surface area contributed by atoms with Gasteiger partial charge in [-0.3, -0.25) is 65.1 Å². The van der Waals surface area contributed by atoms with E-state index in [9.17, 15) is 50.9 Å². The molecule has 82 heavy (non-hydrogen) atoms. The van der Waals surface area contributed by atoms with Crippen LogP contribution in [0.15, 0.2) is 84.9 Å². The van der Waals surface area contributed by atoms with Crippen molar-refractivity contribution in [3.05, 3.63) is 96.1 Å². The van der Waals surface area contributed by atoms with Gasteiger partial charge in [-0.25, -0.2) is 9.13 Å². The van der Waals surface area contributed by atoms with Gasteiger partial charge in [0.25, 0.3) is 14.7 Å². The van der Waals surface area contributed by atoms with Gasteiger partial charge >= 0.3 is 57.3 Å². The van der Waals surface area contributed by atoms with Crippen LogP contribution < -0.4 is 9.26 Å². The monoisotopic (exact) mass is 1340 g/mol. The van der Waals surface area contributed by atoms with Crippen molar-refractivity contribution in [2.24, 2.45) is 0 Å². The number of carbonyl (C=O) groups is 3. The normalized spacial score (nSPS) is 15.3. The summed E-state index contributed by atoms with van der Waals surface area (Å²) in [6.07, 6.45) is 0. The Morgan fingerprint density at radius 3 is 1.09 bits per heavy atom. The molecule has 0 spiro atoms. The van der Waals surface area contributed by atoms with Crippen molar-refractivity contribution < 1.29 is 150 Å². The number of ether oxygens (including phenoxy) is 5. The van der Waals surface area contributed by atoms with Crippen molar-refractivity contribution in [1.29, 1.82) is 0 Å². The molecule has 0 aliphatic carbocycles. The number of methoxy groups -OCH3 is 4. The largest absolute Gasteiger partial charge is 0.524 e. The van der Waals surface area contributed by atoms with Crippen LogP contribution in [0.5, 0.6) is 11.5 Å². The fourth-order valence-electron chi connectivity index (χ4n) is 3.21. The summed E-state index contributed by atoms with van der Waals surface area (Å²) in [4.78, 5) is 98.3. The van der Waals surface area contributed by atoms with Crippen molar-refractivity contribution in [2.45, 2.75) is 34.0 Å². The number of benzene rings is 3. The lowest BCUT2D eigenvalue weighted by molar-refractivity contribution is -0.138. The van der Waals surface area contributed by atoms with Gasteiger partial charge in [-0.2, -0.15) is 0 Å². The molecule has 0 bridgehead atoms. The highest BCUT2D eigenvalue weighted by Gasteiger charge is 2.40. The molecule has 0 aliphatic heterocycles. The Balaban J connectivity index is -0.000000201. The Morgan fingerprint density at radius 2 is 0.866 bits per heavy atom. The van der Waals surface area contributed by atoms with Gasteiger partial charge < -0.3 is 75.7 Å². The topological polar surface area (TPSA) is 470 Å². The Hall–Kier alpha value is -2.81. The fourth-order valence-corrected chi connectivity index (χ4v) is 7.33. The minimum Gasteiger partial charge on any atom is -0.497 e. The summed E-state index contributed by atoms with van der Waals surface area (Å²) in [5, 5.41) is -1.65. The van der Waals surface area contributed by atoms with Crippen LogP contribution in [0.1, 0.15) is 31.9 Å². The lowest BCUT2D eigenvalue weighted by Gasteiger charge is -2.08. The van der Waals surface area contributed by atoms with E-state index < -0.39 is 66.0 Å². The second kappa shape index (κ2) is 48.3. The molecule has 0 saturated heterocycles. The first-order chi connectivity index (χ1) is 37.3. The van der Waals surface area contributed by atoms with Gasteiger partial charge in [-0.1, -0.05) is 60.7 Å². The summed E-state index contributed by atoms with van der Waals surface area (Å²) in [5.41, 5.74) is 1.61. The number of rotatable bonds is 22. The number of carbonyl (C=O) groups excluding carboxylic acids is 3. The van der Waals surface area contributed by atoms with E-state index in [2.05, 4.69) is 45.7 Å². The Labute approximate surface area is 477 Å². The van der Waals surface area contributed by atoms with Gasteiger partial charge in [-0.05, 0) is 42.3 Å². The van der Waals surface area contributed by atoms with Crippen LogP contribution in [0.4, 0.5) is 4.79 Å². The fraction of sp³-hybridized carbons (Fsp3) is 0.500. The molecule has 32 nitrogen and oxygen atoms in total. The molecule has 40 heteroatoms. The molecule has 3 aromatic carbocycles. The zero-order valence-electron chi connectivity index (χ0n) is 48.1. The van der Waals surface area contributed by atoms with Crippen LogP contribution >= 0.6 is 60.8 Å². The average Bonchev–Trinajstić information content (AvgIpc) is 3.38. The molecule has 0 radical (unpaired) electrons. The van der Waals surface area contributed by atoms with E-state index >= 15 is 0 Å². The molecule has 8 N–H and O–H groups in total. The number of hydrogen-bond donors (Lipinski definition) is 8. The second-order valence-electron chi connectivity index (χ2n) is 14.6. The zero-order chi connectivity index (χ0) is 65.7. The van der Waals surface area contributed by atoms with Crippen molar-refractivity contribution >= 4 is 77.5 Å². The van der Waals surface area contributed by atoms with E-state index in [0.29, 0.717) is 32.4 Å². The van der Waals surface area contributed by atoms with Crippen molar-refractivity contribution in [1.82, 2.24) is 0 Å². The second-order valence-corrected chi connectivity index (χ2v) is 30.0. The van der Waals surface area contributed by atoms with Crippen LogP contribution in [-0.4, -0.2) is 166 Å². The van der Waals surface area contributed by atoms with Gasteiger partial charge in [0, 0.05) is 89.8 Å². The van der Waals surface area contributed by atoms with Crippen LogP contribution in [-0.2, 0) is 110 Å². The molecule has 7 atom stereocenters. The van der Waals surface area contributed by atoms with Crippen LogP contribution in [0, 0.1) is 0 Å². The first-order valence-electron chi connectivity index (χ1n) is 22.0. The quantitative estimate of drug-likeness (QED) is 0.0202. The maximum atomic E-state index is 10.9. The smallest absolute Gasteiger partial charge is 0.497 e. The molecule has 480 valence electrons. The number of hydrogen-bond acceptors (Lipinski definition) is 24. The molecule has 3 aromatic rings. The van der Waals surface area contributed by atoms with E-state index in [4.69, 9.17) is 53.4 Å². The third kappa shape index (κ3) is 66.3. The van der Waals surface area contributed by atoms with E-state index in [1.54, 1.807) is 38.3 Å². The average molecular weight is 1340 g/mol.